The lowest BCUT2D eigenvalue weighted by atomic mass is 10.2. The molecule has 0 fully saturated rings. The van der Waals surface area contributed by atoms with Crippen molar-refractivity contribution in [3.8, 4) is 0 Å². The molecule has 2 aromatic carbocycles. The van der Waals surface area contributed by atoms with Crippen molar-refractivity contribution < 1.29 is 17.7 Å². The molecule has 1 aromatic heterocycles. The maximum Gasteiger partial charge on any atom is 0.297 e. The average Bonchev–Trinajstić information content (AvgIpc) is 2.54. The van der Waals surface area contributed by atoms with Crippen LogP contribution in [0.4, 0.5) is 10.1 Å². The Morgan fingerprint density at radius 2 is 1.74 bits per heavy atom. The summed E-state index contributed by atoms with van der Waals surface area (Å²) >= 11 is 0. The molecule has 1 heterocycles. The van der Waals surface area contributed by atoms with Gasteiger partial charge in [-0.25, -0.2) is 12.8 Å². The van der Waals surface area contributed by atoms with Gasteiger partial charge in [0.05, 0.1) is 20.7 Å². The van der Waals surface area contributed by atoms with Crippen molar-refractivity contribution in [2.45, 2.75) is 9.79 Å². The van der Waals surface area contributed by atoms with Gasteiger partial charge >= 0.3 is 0 Å². The molecule has 0 amide bonds. The fraction of sp³-hybridized carbons (Fsp3) is 0. The van der Waals surface area contributed by atoms with Crippen molar-refractivity contribution in [3.05, 3.63) is 70.7 Å². The number of hydrogen-bond acceptors (Lipinski definition) is 5. The molecule has 0 saturated heterocycles. The summed E-state index contributed by atoms with van der Waals surface area (Å²) in [7, 11) is -4.16. The van der Waals surface area contributed by atoms with E-state index in [0.29, 0.717) is 5.52 Å². The van der Waals surface area contributed by atoms with Gasteiger partial charge in [-0.1, -0.05) is 0 Å². The minimum Gasteiger partial charge on any atom is -0.258 e. The van der Waals surface area contributed by atoms with Crippen LogP contribution in [0.2, 0.25) is 0 Å². The molecule has 6 nitrogen and oxygen atoms in total. The Morgan fingerprint density at radius 1 is 1.04 bits per heavy atom. The molecular weight excluding hydrogens is 323 g/mol. The molecule has 0 radical (unpaired) electrons. The molecule has 0 saturated carbocycles. The third kappa shape index (κ3) is 2.53. The summed E-state index contributed by atoms with van der Waals surface area (Å²) in [6, 6.07) is 9.59. The first-order valence-electron chi connectivity index (χ1n) is 6.44. The first-order valence-corrected chi connectivity index (χ1v) is 7.92. The minimum atomic E-state index is -4.16. The van der Waals surface area contributed by atoms with E-state index in [1.165, 1.54) is 24.4 Å². The van der Waals surface area contributed by atoms with Crippen LogP contribution in [0, 0.1) is 15.9 Å². The number of halogens is 1. The number of nitro benzene ring substituents is 1. The molecule has 0 unspecified atom stereocenters. The summed E-state index contributed by atoms with van der Waals surface area (Å²) < 4.78 is 38.3. The largest absolute Gasteiger partial charge is 0.297 e. The fourth-order valence-corrected chi connectivity index (χ4v) is 3.70. The van der Waals surface area contributed by atoms with Gasteiger partial charge < -0.3 is 0 Å². The number of nitro groups is 1. The summed E-state index contributed by atoms with van der Waals surface area (Å²) in [5.74, 6) is -0.596. The van der Waals surface area contributed by atoms with Crippen LogP contribution in [0.5, 0.6) is 0 Å². The molecule has 0 spiro atoms. The predicted molar refractivity (Wildman–Crippen MR) is 80.2 cm³/mol. The number of sulfone groups is 1. The Bertz CT molecular complexity index is 1020. The average molecular weight is 332 g/mol. The van der Waals surface area contributed by atoms with Gasteiger partial charge in [-0.3, -0.25) is 15.1 Å². The Morgan fingerprint density at radius 3 is 2.39 bits per heavy atom. The summed E-state index contributed by atoms with van der Waals surface area (Å²) in [5.41, 5.74) is -0.225. The normalized spacial score (nSPS) is 11.5. The number of aromatic nitrogens is 1. The van der Waals surface area contributed by atoms with E-state index in [1.54, 1.807) is 0 Å². The van der Waals surface area contributed by atoms with Gasteiger partial charge in [-0.15, -0.1) is 0 Å². The van der Waals surface area contributed by atoms with Crippen LogP contribution in [0.25, 0.3) is 10.9 Å². The highest BCUT2D eigenvalue weighted by atomic mass is 32.2. The van der Waals surface area contributed by atoms with Crippen molar-refractivity contribution in [3.63, 3.8) is 0 Å². The van der Waals surface area contributed by atoms with E-state index < -0.39 is 31.2 Å². The van der Waals surface area contributed by atoms with Crippen molar-refractivity contribution in [1.82, 2.24) is 4.98 Å². The zero-order valence-corrected chi connectivity index (χ0v) is 12.3. The lowest BCUT2D eigenvalue weighted by molar-refractivity contribution is -0.386. The first-order chi connectivity index (χ1) is 10.9. The van der Waals surface area contributed by atoms with Crippen molar-refractivity contribution in [2.24, 2.45) is 0 Å². The van der Waals surface area contributed by atoms with Gasteiger partial charge in [-0.05, 0) is 48.5 Å². The maximum absolute atomic E-state index is 13.0. The van der Waals surface area contributed by atoms with E-state index in [2.05, 4.69) is 4.98 Å². The first kappa shape index (κ1) is 15.0. The molecule has 3 aromatic rings. The fourth-order valence-electron chi connectivity index (χ4n) is 2.26. The molecule has 3 rings (SSSR count). The van der Waals surface area contributed by atoms with E-state index in [-0.39, 0.29) is 10.3 Å². The van der Waals surface area contributed by atoms with Gasteiger partial charge in [0.15, 0.2) is 0 Å². The van der Waals surface area contributed by atoms with E-state index in [4.69, 9.17) is 0 Å². The summed E-state index contributed by atoms with van der Waals surface area (Å²) in [4.78, 5) is 14.0. The third-order valence-corrected chi connectivity index (χ3v) is 5.12. The summed E-state index contributed by atoms with van der Waals surface area (Å²) in [6.45, 7) is 0. The van der Waals surface area contributed by atoms with Crippen LogP contribution >= 0.6 is 0 Å². The predicted octanol–water partition coefficient (Wildman–Crippen LogP) is 3.11. The molecule has 0 aliphatic heterocycles. The van der Waals surface area contributed by atoms with Gasteiger partial charge in [0.25, 0.3) is 5.69 Å². The van der Waals surface area contributed by atoms with Crippen molar-refractivity contribution >= 4 is 26.4 Å². The SMILES string of the molecule is O=[N+]([O-])c1c(S(=O)(=O)c2ccc(F)cc2)ccc2ncccc12. The van der Waals surface area contributed by atoms with E-state index in [9.17, 15) is 22.9 Å². The third-order valence-electron chi connectivity index (χ3n) is 3.32. The zero-order valence-electron chi connectivity index (χ0n) is 11.5. The highest BCUT2D eigenvalue weighted by Crippen LogP contribution is 2.34. The molecule has 8 heteroatoms. The van der Waals surface area contributed by atoms with Crippen LogP contribution in [0.3, 0.4) is 0 Å². The molecule has 0 atom stereocenters. The molecule has 116 valence electrons. The second kappa shape index (κ2) is 5.40. The summed E-state index contributed by atoms with van der Waals surface area (Å²) in [5, 5.41) is 11.5. The lowest BCUT2D eigenvalue weighted by Gasteiger charge is -2.07. The molecule has 0 N–H and O–H groups in total. The van der Waals surface area contributed by atoms with E-state index in [0.717, 1.165) is 30.3 Å². The standard InChI is InChI=1S/C15H9FN2O4S/c16-10-3-5-11(6-4-10)23(21,22)14-8-7-13-12(2-1-9-17-13)15(14)18(19)20/h1-9H. The quantitative estimate of drug-likeness (QED) is 0.417. The number of hydrogen-bond donors (Lipinski definition) is 0. The lowest BCUT2D eigenvalue weighted by Crippen LogP contribution is -2.06. The van der Waals surface area contributed by atoms with Gasteiger partial charge in [0.1, 0.15) is 10.7 Å². The van der Waals surface area contributed by atoms with Crippen LogP contribution in [0.15, 0.2) is 64.5 Å². The Labute approximate surface area is 130 Å². The maximum atomic E-state index is 13.0. The Kier molecular flexibility index (Phi) is 3.53. The van der Waals surface area contributed by atoms with Crippen molar-refractivity contribution in [1.29, 1.82) is 0 Å². The van der Waals surface area contributed by atoms with E-state index in [1.807, 2.05) is 0 Å². The van der Waals surface area contributed by atoms with Crippen LogP contribution in [-0.2, 0) is 9.84 Å². The Balaban J connectivity index is 2.33. The number of benzene rings is 2. The zero-order chi connectivity index (χ0) is 16.6. The molecular formula is C15H9FN2O4S. The van der Waals surface area contributed by atoms with Gasteiger partial charge in [-0.2, -0.15) is 0 Å². The number of pyridine rings is 1. The Hall–Kier alpha value is -2.87. The number of rotatable bonds is 3. The highest BCUT2D eigenvalue weighted by Gasteiger charge is 2.29. The molecule has 0 aliphatic carbocycles. The van der Waals surface area contributed by atoms with E-state index >= 15 is 0 Å². The second-order valence-electron chi connectivity index (χ2n) is 4.70. The number of nitrogens with zero attached hydrogens (tertiary/aromatic N) is 2. The number of fused-ring (bicyclic) bond motifs is 1. The topological polar surface area (TPSA) is 90.2 Å². The molecule has 0 bridgehead atoms. The van der Waals surface area contributed by atoms with Crippen LogP contribution in [-0.4, -0.2) is 18.3 Å². The van der Waals surface area contributed by atoms with Crippen LogP contribution in [0.1, 0.15) is 0 Å². The van der Waals surface area contributed by atoms with Crippen LogP contribution < -0.4 is 0 Å². The summed E-state index contributed by atoms with van der Waals surface area (Å²) in [6.07, 6.45) is 1.46. The van der Waals surface area contributed by atoms with Gasteiger partial charge in [0.2, 0.25) is 9.84 Å². The molecule has 23 heavy (non-hydrogen) atoms. The minimum absolute atomic E-state index is 0.126. The van der Waals surface area contributed by atoms with Crippen molar-refractivity contribution in [2.75, 3.05) is 0 Å². The highest BCUT2D eigenvalue weighted by molar-refractivity contribution is 7.91. The smallest absolute Gasteiger partial charge is 0.258 e. The second-order valence-corrected chi connectivity index (χ2v) is 6.61. The monoisotopic (exact) mass is 332 g/mol. The molecule has 0 aliphatic rings. The van der Waals surface area contributed by atoms with Gasteiger partial charge in [0, 0.05) is 6.20 Å².